The molecule has 17 nitrogen and oxygen atoms in total. The fraction of sp³-hybridized carbons (Fsp3) is 1.00. The van der Waals surface area contributed by atoms with E-state index >= 15 is 0 Å². The van der Waals surface area contributed by atoms with Crippen LogP contribution in [0.1, 0.15) is 65.2 Å². The van der Waals surface area contributed by atoms with Gasteiger partial charge in [-0.05, 0) is 40.0 Å². The van der Waals surface area contributed by atoms with Crippen molar-refractivity contribution in [3.63, 3.8) is 0 Å². The Morgan fingerprint density at radius 3 is 1.10 bits per heavy atom. The Labute approximate surface area is 257 Å². The third-order valence-corrected chi connectivity index (χ3v) is 13.5. The normalized spacial score (nSPS) is 15.8. The molecule has 11 N–H and O–H groups in total. The van der Waals surface area contributed by atoms with Crippen LogP contribution >= 0.6 is 30.4 Å². The molecule has 0 aliphatic heterocycles. The molecule has 0 aliphatic carbocycles. The summed E-state index contributed by atoms with van der Waals surface area (Å²) in [6.45, 7) is 5.22. The number of unbranched alkanes of at least 4 members (excludes halogenated alkanes) is 4. The van der Waals surface area contributed by atoms with E-state index in [0.717, 1.165) is 38.5 Å². The Hall–Kier alpha value is 1.40. The first-order valence-corrected chi connectivity index (χ1v) is 18.3. The van der Waals surface area contributed by atoms with Gasteiger partial charge in [-0.2, -0.15) is 0 Å². The predicted molar refractivity (Wildman–Crippen MR) is 143 cm³/mol. The van der Waals surface area contributed by atoms with Crippen molar-refractivity contribution in [2.75, 3.05) is 40.3 Å². The minimum Gasteiger partial charge on any atom is -0.776 e. The Morgan fingerprint density at radius 2 is 0.875 bits per heavy atom. The number of hydrogen-bond acceptors (Lipinski definition) is 9. The Morgan fingerprint density at radius 1 is 0.600 bits per heavy atom. The summed E-state index contributed by atoms with van der Waals surface area (Å²) in [4.78, 5) is 76.8. The zero-order valence-corrected chi connectivity index (χ0v) is 29.3. The maximum atomic E-state index is 11.1. The van der Waals surface area contributed by atoms with Gasteiger partial charge in [0.05, 0.1) is 0 Å². The summed E-state index contributed by atoms with van der Waals surface area (Å²) in [6, 6.07) is 0. The van der Waals surface area contributed by atoms with Crippen LogP contribution in [0.15, 0.2) is 0 Å². The van der Waals surface area contributed by atoms with E-state index in [2.05, 4.69) is 0 Å². The maximum absolute atomic E-state index is 11.1. The molecule has 0 aromatic carbocycles. The average Bonchev–Trinajstić information content (AvgIpc) is 2.73. The van der Waals surface area contributed by atoms with Crippen molar-refractivity contribution in [1.29, 1.82) is 0 Å². The van der Waals surface area contributed by atoms with Gasteiger partial charge in [0, 0.05) is 25.9 Å². The van der Waals surface area contributed by atoms with Crippen LogP contribution in [0.5, 0.6) is 0 Å². The van der Waals surface area contributed by atoms with E-state index < -0.39 is 53.4 Å². The average molecular weight is 678 g/mol. The quantitative estimate of drug-likeness (QED) is 0.0387. The molecule has 40 heavy (non-hydrogen) atoms. The van der Waals surface area contributed by atoms with Gasteiger partial charge in [-0.25, -0.2) is 0 Å². The predicted octanol–water partition coefficient (Wildman–Crippen LogP) is -3.45. The molecule has 0 aromatic heterocycles. The summed E-state index contributed by atoms with van der Waals surface area (Å²) in [6.07, 6.45) is 4.28. The van der Waals surface area contributed by atoms with E-state index in [9.17, 15) is 33.4 Å². The third-order valence-electron chi connectivity index (χ3n) is 5.80. The molecule has 2 unspecified atom stereocenters. The van der Waals surface area contributed by atoms with Gasteiger partial charge >= 0.3 is 52.3 Å². The second kappa shape index (κ2) is 20.4. The van der Waals surface area contributed by atoms with E-state index in [0.29, 0.717) is 13.1 Å². The van der Waals surface area contributed by atoms with Crippen molar-refractivity contribution in [3.8, 4) is 0 Å². The maximum Gasteiger partial charge on any atom is 1.00 e. The molecule has 240 valence electrons. The molecule has 0 amide bonds. The van der Waals surface area contributed by atoms with Crippen molar-refractivity contribution in [1.82, 2.24) is 9.80 Å². The largest absolute Gasteiger partial charge is 1.00 e. The van der Waals surface area contributed by atoms with Gasteiger partial charge in [-0.15, -0.1) is 0 Å². The molecule has 22 heteroatoms. The van der Waals surface area contributed by atoms with Crippen molar-refractivity contribution in [3.05, 3.63) is 0 Å². The molecule has 0 heterocycles. The molecule has 0 aliphatic rings. The first kappa shape index (κ1) is 48.3. The van der Waals surface area contributed by atoms with E-state index in [1.165, 1.54) is 0 Å². The van der Waals surface area contributed by atoms with Gasteiger partial charge in [-0.1, -0.05) is 39.5 Å². The first-order chi connectivity index (χ1) is 16.9. The van der Waals surface area contributed by atoms with E-state index in [-0.39, 0.29) is 48.1 Å². The van der Waals surface area contributed by atoms with Crippen LogP contribution in [0.25, 0.3) is 0 Å². The van der Waals surface area contributed by atoms with Crippen molar-refractivity contribution >= 4 is 30.4 Å². The van der Waals surface area contributed by atoms with Gasteiger partial charge in [0.1, 0.15) is 0 Å². The molecule has 0 rings (SSSR count). The van der Waals surface area contributed by atoms with Gasteiger partial charge < -0.3 is 69.2 Å². The second-order valence-corrected chi connectivity index (χ2v) is 17.2. The van der Waals surface area contributed by atoms with Gasteiger partial charge in [-0.3, -0.25) is 13.7 Å². The third kappa shape index (κ3) is 16.5. The summed E-state index contributed by atoms with van der Waals surface area (Å²) in [5.74, 6) is 0. The summed E-state index contributed by atoms with van der Waals surface area (Å²) >= 11 is 0. The van der Waals surface area contributed by atoms with Crippen molar-refractivity contribution in [2.45, 2.75) is 75.4 Å². The van der Waals surface area contributed by atoms with Crippen LogP contribution < -0.4 is 34.5 Å². The summed E-state index contributed by atoms with van der Waals surface area (Å²) < 4.78 is 44.3. The molecule has 0 aromatic rings. The topological polar surface area (TPSA) is 311 Å². The number of aliphatic hydroxyl groups is 2. The molecule has 0 fully saturated rings. The molecule has 0 saturated heterocycles. The van der Waals surface area contributed by atoms with Gasteiger partial charge in [0.25, 0.3) is 5.08 Å². The molecule has 0 radical (unpaired) electrons. The van der Waals surface area contributed by atoms with E-state index in [1.807, 2.05) is 13.8 Å². The SMILES string of the molecule is CCCCCN(C)CCC(O)(P(=O)(O)O)P(=O)(O)O.CCCCCN(C)CCC(O)(P(=O)([O-])O)P(=O)(O)O.O.[Na+]. The summed E-state index contributed by atoms with van der Waals surface area (Å²) in [5.41, 5.74) is 0. The zero-order valence-electron chi connectivity index (χ0n) is 23.7. The number of hydrogen-bond donors (Lipinski definition) is 9. The first-order valence-electron chi connectivity index (χ1n) is 11.9. The van der Waals surface area contributed by atoms with Gasteiger partial charge in [0.15, 0.2) is 7.60 Å². The minimum absolute atomic E-state index is 0. The number of rotatable bonds is 18. The summed E-state index contributed by atoms with van der Waals surface area (Å²) in [5, 5.41) is 12.5. The standard InChI is InChI=1S/2C9H23NO7P2.Na.H2O/c2*1-3-4-5-7-10(2)8-6-9(11,18(12,13)14)19(15,16)17;;/h2*11H,3-8H2,1-2H3,(H2,12,13,14)(H2,15,16,17);;1H2/q;;+1;/p-1. The van der Waals surface area contributed by atoms with E-state index in [4.69, 9.17) is 34.3 Å². The van der Waals surface area contributed by atoms with Crippen molar-refractivity contribution < 1.29 is 103 Å². The zero-order chi connectivity index (χ0) is 30.6. The fourth-order valence-electron chi connectivity index (χ4n) is 3.08. The molecule has 0 saturated carbocycles. The molecule has 2 atom stereocenters. The molecule has 0 bridgehead atoms. The smallest absolute Gasteiger partial charge is 0.776 e. The monoisotopic (exact) mass is 678 g/mol. The minimum atomic E-state index is -5.58. The molecular weight excluding hydrogens is 631 g/mol. The number of nitrogens with zero attached hydrogens (tertiary/aromatic N) is 2. The van der Waals surface area contributed by atoms with Crippen LogP contribution in [0.2, 0.25) is 0 Å². The van der Waals surface area contributed by atoms with Crippen LogP contribution in [-0.2, 0) is 18.3 Å². The van der Waals surface area contributed by atoms with Crippen LogP contribution in [0.3, 0.4) is 0 Å². The molecule has 0 spiro atoms. The van der Waals surface area contributed by atoms with Crippen LogP contribution in [0, 0.1) is 0 Å². The van der Waals surface area contributed by atoms with Crippen LogP contribution in [0.4, 0.5) is 0 Å². The Kier molecular flexibility index (Phi) is 24.7. The fourth-order valence-corrected chi connectivity index (χ4v) is 7.31. The van der Waals surface area contributed by atoms with E-state index in [1.54, 1.807) is 23.9 Å². The van der Waals surface area contributed by atoms with Gasteiger partial charge in [0.2, 0.25) is 5.08 Å². The Bertz CT molecular complexity index is 761. The van der Waals surface area contributed by atoms with Crippen LogP contribution in [-0.4, -0.2) is 110 Å². The van der Waals surface area contributed by atoms with Crippen molar-refractivity contribution in [2.24, 2.45) is 0 Å². The molecular formula is C18H47N2NaO15P4. The Balaban J connectivity index is -0.000000309. The summed E-state index contributed by atoms with van der Waals surface area (Å²) in [7, 11) is -18.3. The second-order valence-electron chi connectivity index (χ2n) is 9.22.